The minimum Gasteiger partial charge on any atom is -0.488 e. The highest BCUT2D eigenvalue weighted by molar-refractivity contribution is 6.38. The molecule has 0 aromatic heterocycles. The van der Waals surface area contributed by atoms with Crippen molar-refractivity contribution in [1.82, 2.24) is 15.8 Å². The van der Waals surface area contributed by atoms with Crippen LogP contribution in [0.25, 0.3) is 0 Å². The lowest BCUT2D eigenvalue weighted by molar-refractivity contribution is -0.123. The molecule has 5 rings (SSSR count). The molecule has 2 amide bonds. The van der Waals surface area contributed by atoms with Gasteiger partial charge in [-0.05, 0) is 5.56 Å². The maximum Gasteiger partial charge on any atom is 0.288 e. The lowest BCUT2D eigenvalue weighted by Crippen LogP contribution is -2.54. The van der Waals surface area contributed by atoms with Crippen LogP contribution in [0.4, 0.5) is 14.5 Å². The largest absolute Gasteiger partial charge is 0.488 e. The van der Waals surface area contributed by atoms with Crippen LogP contribution in [-0.2, 0) is 14.3 Å². The van der Waals surface area contributed by atoms with E-state index >= 15 is 0 Å². The highest BCUT2D eigenvalue weighted by atomic mass is 19.1. The third-order valence-corrected chi connectivity index (χ3v) is 5.37. The zero-order chi connectivity index (χ0) is 22.2. The number of rotatable bonds is 3. The predicted octanol–water partition coefficient (Wildman–Crippen LogP) is 1.10. The number of amidine groups is 1. The van der Waals surface area contributed by atoms with Gasteiger partial charge in [0.15, 0.2) is 12.0 Å². The van der Waals surface area contributed by atoms with E-state index in [1.807, 2.05) is 30.3 Å². The Kier molecular flexibility index (Phi) is 5.19. The van der Waals surface area contributed by atoms with Crippen LogP contribution in [0.2, 0.25) is 0 Å². The molecule has 9 nitrogen and oxygen atoms in total. The van der Waals surface area contributed by atoms with Crippen molar-refractivity contribution in [1.29, 1.82) is 0 Å². The summed E-state index contributed by atoms with van der Waals surface area (Å²) in [5, 5.41) is 6.66. The Hall–Kier alpha value is -3.57. The van der Waals surface area contributed by atoms with Crippen LogP contribution < -0.4 is 20.8 Å². The minimum absolute atomic E-state index is 0.0215. The van der Waals surface area contributed by atoms with Crippen molar-refractivity contribution >= 4 is 23.3 Å². The molecule has 0 spiro atoms. The smallest absolute Gasteiger partial charge is 0.288 e. The van der Waals surface area contributed by atoms with Crippen molar-refractivity contribution in [3.63, 3.8) is 0 Å². The van der Waals surface area contributed by atoms with Gasteiger partial charge in [-0.25, -0.2) is 13.8 Å². The molecule has 2 aromatic rings. The lowest BCUT2D eigenvalue weighted by Gasteiger charge is -2.34. The summed E-state index contributed by atoms with van der Waals surface area (Å²) in [6.45, 7) is 0.665. The van der Waals surface area contributed by atoms with Crippen LogP contribution >= 0.6 is 0 Å². The predicted molar refractivity (Wildman–Crippen MR) is 109 cm³/mol. The summed E-state index contributed by atoms with van der Waals surface area (Å²) >= 11 is 0. The van der Waals surface area contributed by atoms with Crippen molar-refractivity contribution in [3.8, 4) is 5.75 Å². The molecule has 11 heteroatoms. The molecule has 0 bridgehead atoms. The number of carbonyl (C=O) groups excluding carboxylic acids is 2. The summed E-state index contributed by atoms with van der Waals surface area (Å²) in [5.74, 6) is -3.26. The molecule has 1 unspecified atom stereocenters. The van der Waals surface area contributed by atoms with E-state index in [2.05, 4.69) is 21.1 Å². The van der Waals surface area contributed by atoms with Crippen LogP contribution in [0.15, 0.2) is 47.5 Å². The molecule has 3 heterocycles. The molecule has 0 radical (unpaired) electrons. The van der Waals surface area contributed by atoms with Crippen LogP contribution in [0.3, 0.4) is 0 Å². The van der Waals surface area contributed by atoms with E-state index < -0.39 is 35.7 Å². The van der Waals surface area contributed by atoms with Gasteiger partial charge in [-0.2, -0.15) is 5.01 Å². The van der Waals surface area contributed by atoms with Crippen LogP contribution in [0, 0.1) is 11.6 Å². The number of fused-ring (bicyclic) bond motifs is 2. The van der Waals surface area contributed by atoms with Gasteiger partial charge in [-0.15, -0.1) is 0 Å². The molecule has 3 atom stereocenters. The Morgan fingerprint density at radius 3 is 2.84 bits per heavy atom. The normalized spacial score (nSPS) is 24.8. The Bertz CT molecular complexity index is 1100. The van der Waals surface area contributed by atoms with Gasteiger partial charge in [-0.3, -0.25) is 15.0 Å². The Labute approximate surface area is 181 Å². The summed E-state index contributed by atoms with van der Waals surface area (Å²) < 4.78 is 38.7. The van der Waals surface area contributed by atoms with E-state index in [4.69, 9.17) is 9.47 Å². The van der Waals surface area contributed by atoms with Crippen LogP contribution in [0.1, 0.15) is 11.7 Å². The standard InChI is InChI=1S/C21H19F2N5O4/c22-12-8-13(23)16-15(9-12)32-10-14(20(29)25-16)24-21(30)18-26-19-17(11-4-2-1-3-5-11)31-7-6-28(19)27-18/h1-5,8-9,14,17,19H,6-7,10H2,(H,24,30)(H,25,29)(H,26,27)/t14-,17-,19?/m0/s1. The number of hydrogen-bond acceptors (Lipinski definition) is 7. The average Bonchev–Trinajstić information content (AvgIpc) is 3.17. The van der Waals surface area contributed by atoms with E-state index in [0.29, 0.717) is 19.2 Å². The first-order valence-electron chi connectivity index (χ1n) is 10.0. The van der Waals surface area contributed by atoms with Crippen molar-refractivity contribution in [3.05, 3.63) is 59.7 Å². The fraction of sp³-hybridized carbons (Fsp3) is 0.286. The lowest BCUT2D eigenvalue weighted by atomic mass is 10.1. The number of aliphatic imine (C=N–C) groups is 1. The number of anilines is 1. The molecule has 3 N–H and O–H groups in total. The molecule has 32 heavy (non-hydrogen) atoms. The highest BCUT2D eigenvalue weighted by Gasteiger charge is 2.40. The summed E-state index contributed by atoms with van der Waals surface area (Å²) in [6.07, 6.45) is -0.813. The van der Waals surface area contributed by atoms with Crippen molar-refractivity contribution in [2.24, 2.45) is 4.99 Å². The maximum absolute atomic E-state index is 14.0. The fourth-order valence-corrected chi connectivity index (χ4v) is 3.81. The molecular formula is C21H19F2N5O4. The number of hydrogen-bond donors (Lipinski definition) is 3. The van der Waals surface area contributed by atoms with E-state index in [1.54, 1.807) is 5.01 Å². The number of carbonyl (C=O) groups is 2. The quantitative estimate of drug-likeness (QED) is 0.657. The van der Waals surface area contributed by atoms with E-state index in [9.17, 15) is 18.4 Å². The molecule has 3 aliphatic heterocycles. The minimum atomic E-state index is -1.14. The van der Waals surface area contributed by atoms with Gasteiger partial charge in [0, 0.05) is 18.7 Å². The molecular weight excluding hydrogens is 424 g/mol. The number of hydrazine groups is 1. The van der Waals surface area contributed by atoms with Gasteiger partial charge >= 0.3 is 0 Å². The second-order valence-corrected chi connectivity index (χ2v) is 7.49. The second-order valence-electron chi connectivity index (χ2n) is 7.49. The molecule has 0 saturated carbocycles. The summed E-state index contributed by atoms with van der Waals surface area (Å²) in [7, 11) is 0. The van der Waals surface area contributed by atoms with E-state index in [0.717, 1.165) is 11.6 Å². The highest BCUT2D eigenvalue weighted by Crippen LogP contribution is 2.32. The molecule has 0 aliphatic carbocycles. The first-order chi connectivity index (χ1) is 15.5. The number of ether oxygens (including phenoxy) is 2. The van der Waals surface area contributed by atoms with Gasteiger partial charge in [0.1, 0.15) is 36.0 Å². The summed E-state index contributed by atoms with van der Waals surface area (Å²) in [5.41, 5.74) is 3.61. The zero-order valence-electron chi connectivity index (χ0n) is 16.7. The molecule has 166 valence electrons. The third-order valence-electron chi connectivity index (χ3n) is 5.37. The molecule has 1 saturated heterocycles. The summed E-state index contributed by atoms with van der Waals surface area (Å²) in [4.78, 5) is 29.8. The van der Waals surface area contributed by atoms with Crippen LogP contribution in [-0.4, -0.2) is 54.6 Å². The second kappa shape index (κ2) is 8.17. The molecule has 3 aliphatic rings. The number of nitrogens with zero attached hydrogens (tertiary/aromatic N) is 2. The van der Waals surface area contributed by atoms with E-state index in [-0.39, 0.29) is 30.0 Å². The number of benzene rings is 2. The van der Waals surface area contributed by atoms with E-state index in [1.165, 1.54) is 0 Å². The fourth-order valence-electron chi connectivity index (χ4n) is 3.81. The SMILES string of the molecule is O=C(N[C@H]1COc2cc(F)cc(F)c2NC1=O)C1=NC2[C@H](c3ccccc3)OCCN2N1. The van der Waals surface area contributed by atoms with Gasteiger partial charge in [0.05, 0.1) is 6.61 Å². The first-order valence-corrected chi connectivity index (χ1v) is 10.0. The van der Waals surface area contributed by atoms with Gasteiger partial charge < -0.3 is 20.1 Å². The average molecular weight is 443 g/mol. The first kappa shape index (κ1) is 20.3. The number of halogens is 2. The summed E-state index contributed by atoms with van der Waals surface area (Å²) in [6, 6.07) is 10.0. The Morgan fingerprint density at radius 1 is 1.22 bits per heavy atom. The maximum atomic E-state index is 14.0. The van der Waals surface area contributed by atoms with Gasteiger partial charge in [0.2, 0.25) is 5.84 Å². The van der Waals surface area contributed by atoms with Gasteiger partial charge in [-0.1, -0.05) is 30.3 Å². The topological polar surface area (TPSA) is 104 Å². The van der Waals surface area contributed by atoms with Crippen molar-refractivity contribution < 1.29 is 27.8 Å². The molecule has 1 fully saturated rings. The monoisotopic (exact) mass is 443 g/mol. The van der Waals surface area contributed by atoms with Crippen molar-refractivity contribution in [2.45, 2.75) is 18.3 Å². The van der Waals surface area contributed by atoms with Crippen LogP contribution in [0.5, 0.6) is 5.75 Å². The third kappa shape index (κ3) is 3.76. The number of nitrogens with one attached hydrogen (secondary N) is 3. The number of morpholine rings is 1. The van der Waals surface area contributed by atoms with Crippen molar-refractivity contribution in [2.75, 3.05) is 25.1 Å². The number of amides is 2. The van der Waals surface area contributed by atoms with Gasteiger partial charge in [0.25, 0.3) is 11.8 Å². The molecule has 2 aromatic carbocycles. The Balaban J connectivity index is 1.30. The zero-order valence-corrected chi connectivity index (χ0v) is 16.7. The Morgan fingerprint density at radius 2 is 2.03 bits per heavy atom.